The van der Waals surface area contributed by atoms with E-state index >= 15 is 0 Å². The van der Waals surface area contributed by atoms with Gasteiger partial charge in [0, 0.05) is 43.9 Å². The van der Waals surface area contributed by atoms with Gasteiger partial charge in [-0.05, 0) is 62.1 Å². The predicted molar refractivity (Wildman–Crippen MR) is 234 cm³/mol. The zero-order valence-electron chi connectivity index (χ0n) is 37.2. The molecule has 6 atom stereocenters. The number of aromatic nitrogens is 6. The number of tetrazole rings is 1. The van der Waals surface area contributed by atoms with Gasteiger partial charge in [0.1, 0.15) is 36.8 Å². The van der Waals surface area contributed by atoms with E-state index in [0.29, 0.717) is 50.5 Å². The molecule has 1 aromatic carbocycles. The monoisotopic (exact) mass is 945 g/mol. The number of carbonyl (C=O) groups excluding carboxylic acids is 6. The van der Waals surface area contributed by atoms with Crippen molar-refractivity contribution >= 4 is 49.5 Å². The number of phosphoric acid groups is 1. The maximum atomic E-state index is 14.0. The van der Waals surface area contributed by atoms with Crippen LogP contribution in [0, 0.1) is 5.92 Å². The predicted octanol–water partition coefficient (Wildman–Crippen LogP) is -0.812. The van der Waals surface area contributed by atoms with Crippen molar-refractivity contribution in [3.8, 4) is 11.4 Å². The van der Waals surface area contributed by atoms with E-state index in [1.54, 1.807) is 17.1 Å². The molecule has 2 aromatic heterocycles. The van der Waals surface area contributed by atoms with Crippen molar-refractivity contribution in [2.75, 3.05) is 19.8 Å². The number of aromatic amines is 1. The van der Waals surface area contributed by atoms with Gasteiger partial charge in [-0.1, -0.05) is 49.7 Å². The van der Waals surface area contributed by atoms with Gasteiger partial charge in [-0.3, -0.25) is 33.3 Å². The van der Waals surface area contributed by atoms with E-state index in [0.717, 1.165) is 37.3 Å². The molecule has 1 fully saturated rings. The van der Waals surface area contributed by atoms with Crippen LogP contribution in [0.15, 0.2) is 41.9 Å². The Balaban J connectivity index is 1.41. The lowest BCUT2D eigenvalue weighted by Gasteiger charge is -2.28. The van der Waals surface area contributed by atoms with Gasteiger partial charge < -0.3 is 56.2 Å². The molecule has 10 N–H and O–H groups in total. The number of aliphatic hydroxyl groups excluding tert-OH is 1. The van der Waals surface area contributed by atoms with E-state index in [9.17, 15) is 48.2 Å². The van der Waals surface area contributed by atoms with Crippen molar-refractivity contribution < 1.29 is 57.6 Å². The molecule has 4 rings (SSSR count). The first-order valence-electron chi connectivity index (χ1n) is 21.5. The van der Waals surface area contributed by atoms with Crippen LogP contribution in [0.5, 0.6) is 0 Å². The second-order valence-electron chi connectivity index (χ2n) is 16.2. The van der Waals surface area contributed by atoms with E-state index < -0.39 is 80.3 Å². The van der Waals surface area contributed by atoms with Crippen LogP contribution in [-0.4, -0.2) is 148 Å². The summed E-state index contributed by atoms with van der Waals surface area (Å²) in [6.07, 6.45) is 7.14. The number of hydrogen-bond acceptors (Lipinski definition) is 15. The molecular formula is C40H60N13O12P. The van der Waals surface area contributed by atoms with Crippen molar-refractivity contribution in [2.24, 2.45) is 16.8 Å². The van der Waals surface area contributed by atoms with Crippen molar-refractivity contribution in [3.05, 3.63) is 48.0 Å². The number of carbonyl (C=O) groups is 6. The van der Waals surface area contributed by atoms with Crippen molar-refractivity contribution in [1.29, 1.82) is 0 Å². The molecule has 0 spiro atoms. The highest BCUT2D eigenvalue weighted by molar-refractivity contribution is 7.46. The molecule has 26 heteroatoms. The number of unbranched alkanes of at least 4 members (excludes halogenated alkanes) is 3. The molecule has 362 valence electrons. The smallest absolute Gasteiger partial charge is 0.396 e. The van der Waals surface area contributed by atoms with Crippen molar-refractivity contribution in [2.45, 2.75) is 122 Å². The first-order chi connectivity index (χ1) is 31.4. The molecule has 1 saturated heterocycles. The van der Waals surface area contributed by atoms with E-state index in [-0.39, 0.29) is 24.7 Å². The molecule has 3 heterocycles. The molecule has 66 heavy (non-hydrogen) atoms. The number of H-pyrrole nitrogens is 1. The minimum absolute atomic E-state index is 0.104. The summed E-state index contributed by atoms with van der Waals surface area (Å²) < 4.78 is 17.7. The number of primary amides is 1. The lowest BCUT2D eigenvalue weighted by Crippen LogP contribution is -2.61. The lowest BCUT2D eigenvalue weighted by atomic mass is 10.0. The van der Waals surface area contributed by atoms with Crippen LogP contribution in [0.2, 0.25) is 0 Å². The number of amides is 6. The molecule has 6 amide bonds. The molecule has 0 bridgehead atoms. The molecule has 0 aliphatic carbocycles. The van der Waals surface area contributed by atoms with Gasteiger partial charge in [0.15, 0.2) is 0 Å². The third-order valence-electron chi connectivity index (χ3n) is 10.5. The highest BCUT2D eigenvalue weighted by Gasteiger charge is 2.37. The Kier molecular flexibility index (Phi) is 20.3. The van der Waals surface area contributed by atoms with Crippen LogP contribution in [0.1, 0.15) is 83.9 Å². The Bertz CT molecular complexity index is 2150. The molecular weight excluding hydrogens is 885 g/mol. The highest BCUT2D eigenvalue weighted by atomic mass is 31.2. The van der Waals surface area contributed by atoms with Gasteiger partial charge in [0.05, 0.1) is 25.3 Å². The average Bonchev–Trinajstić information content (AvgIpc) is 4.06. The number of likely N-dealkylation sites (tertiary alicyclic amines) is 1. The van der Waals surface area contributed by atoms with Gasteiger partial charge >= 0.3 is 7.82 Å². The molecule has 3 aromatic rings. The van der Waals surface area contributed by atoms with Crippen LogP contribution >= 0.6 is 7.82 Å². The van der Waals surface area contributed by atoms with Gasteiger partial charge in [-0.2, -0.15) is 5.21 Å². The normalized spacial score (nSPS) is 16.3. The Morgan fingerprint density at radius 2 is 1.65 bits per heavy atom. The third-order valence-corrected chi connectivity index (χ3v) is 11.1. The topological polar surface area (TPSA) is 361 Å². The zero-order chi connectivity index (χ0) is 48.4. The quantitative estimate of drug-likeness (QED) is 0.0195. The van der Waals surface area contributed by atoms with Gasteiger partial charge in [0.25, 0.3) is 0 Å². The van der Waals surface area contributed by atoms with Crippen LogP contribution < -0.4 is 27.0 Å². The third kappa shape index (κ3) is 16.7. The van der Waals surface area contributed by atoms with Crippen LogP contribution in [0.3, 0.4) is 0 Å². The van der Waals surface area contributed by atoms with E-state index in [4.69, 9.17) is 10.6 Å². The summed E-state index contributed by atoms with van der Waals surface area (Å²) in [6, 6.07) is 0.512. The summed E-state index contributed by atoms with van der Waals surface area (Å²) in [4.78, 5) is 109. The van der Waals surface area contributed by atoms with E-state index in [1.807, 2.05) is 38.1 Å². The number of imidazole rings is 1. The standard InChI is InChI=1S/C40H60N13O12P/c1-24(2)18-30(45-40(60)33-10-9-16-53(33)26(4)55)37(57)44-31(38(58)46-32(22-54)39(59)47-34(35(41)56)25(3)65-66(61,62)63)19-29-21-42-23-52(29)15-7-5-6-8-17-64-43-20-27-11-13-28(14-12-27)36-48-50-51-49-36/h11-14,20-21,23-25,30-34,54H,5-10,15-19,22H2,1-4H3,(H2,41,56)(H,44,57)(H,45,60)(H,46,58)(H,47,59)(H2,61,62,63)(H,48,49,50,51)/b43-20+/t25-,30+,31+,32+,33+,34+/m1/s1. The Hall–Kier alpha value is -6.14. The summed E-state index contributed by atoms with van der Waals surface area (Å²) in [6.45, 7) is 6.38. The molecule has 0 unspecified atom stereocenters. The second-order valence-corrected chi connectivity index (χ2v) is 17.4. The number of nitrogens with two attached hydrogens (primary N) is 1. The first-order valence-corrected chi connectivity index (χ1v) is 23.0. The van der Waals surface area contributed by atoms with Gasteiger partial charge in [0.2, 0.25) is 41.3 Å². The fourth-order valence-electron chi connectivity index (χ4n) is 7.17. The fraction of sp³-hybridized carbons (Fsp3) is 0.575. The lowest BCUT2D eigenvalue weighted by molar-refractivity contribution is -0.139. The maximum absolute atomic E-state index is 14.0. The summed E-state index contributed by atoms with van der Waals surface area (Å²) in [7, 11) is -5.13. The fourth-order valence-corrected chi connectivity index (χ4v) is 7.73. The summed E-state index contributed by atoms with van der Waals surface area (Å²) >= 11 is 0. The summed E-state index contributed by atoms with van der Waals surface area (Å²) in [5.74, 6) is -4.50. The minimum Gasteiger partial charge on any atom is -0.396 e. The average molecular weight is 946 g/mol. The number of nitrogens with zero attached hydrogens (tertiary/aromatic N) is 7. The SMILES string of the molecule is CC(=O)N1CCC[C@H]1C(=O)N[C@@H](CC(C)C)C(=O)N[C@@H](Cc1cncn1CCCCCCO/N=C/c1ccc(-c2nn[nH]n2)cc1)C(=O)N[C@@H](CO)C(=O)N[C@H](C(N)=O)[C@@H](C)OP(=O)(O)O. The summed E-state index contributed by atoms with van der Waals surface area (Å²) in [5, 5.41) is 38.0. The second kappa shape index (κ2) is 25.5. The largest absolute Gasteiger partial charge is 0.469 e. The summed E-state index contributed by atoms with van der Waals surface area (Å²) in [5.41, 5.74) is 7.51. The molecule has 0 saturated carbocycles. The van der Waals surface area contributed by atoms with Crippen LogP contribution in [-0.2, 0) is 55.7 Å². The maximum Gasteiger partial charge on any atom is 0.469 e. The van der Waals surface area contributed by atoms with Crippen molar-refractivity contribution in [3.63, 3.8) is 0 Å². The highest BCUT2D eigenvalue weighted by Crippen LogP contribution is 2.38. The van der Waals surface area contributed by atoms with Gasteiger partial charge in [-0.15, -0.1) is 10.2 Å². The molecule has 1 aliphatic heterocycles. The zero-order valence-corrected chi connectivity index (χ0v) is 38.1. The Morgan fingerprint density at radius 3 is 2.29 bits per heavy atom. The number of aryl methyl sites for hydroxylation is 1. The minimum atomic E-state index is -5.13. The van der Waals surface area contributed by atoms with Crippen molar-refractivity contribution in [1.82, 2.24) is 56.3 Å². The Morgan fingerprint density at radius 1 is 0.970 bits per heavy atom. The number of aliphatic hydroxyl groups is 1. The number of hydrogen-bond donors (Lipinski definition) is 9. The first kappa shape index (κ1) is 52.5. The van der Waals surface area contributed by atoms with E-state index in [1.165, 1.54) is 18.0 Å². The number of benzene rings is 1. The molecule has 0 radical (unpaired) electrons. The molecule has 1 aliphatic rings. The Labute approximate surface area is 380 Å². The molecule has 25 nitrogen and oxygen atoms in total. The van der Waals surface area contributed by atoms with Gasteiger partial charge in [-0.25, -0.2) is 9.55 Å². The number of nitrogens with one attached hydrogen (secondary N) is 5. The number of phosphoric ester groups is 1. The number of rotatable bonds is 27. The van der Waals surface area contributed by atoms with E-state index in [2.05, 4.69) is 56.6 Å². The number of oxime groups is 1. The van der Waals surface area contributed by atoms with Crippen LogP contribution in [0.4, 0.5) is 0 Å². The van der Waals surface area contributed by atoms with Crippen LogP contribution in [0.25, 0.3) is 11.4 Å².